The molecule has 5 nitrogen and oxygen atoms in total. The van der Waals surface area contributed by atoms with Crippen molar-refractivity contribution in [2.75, 3.05) is 17.7 Å². The quantitative estimate of drug-likeness (QED) is 0.240. The van der Waals surface area contributed by atoms with Crippen LogP contribution in [0.1, 0.15) is 32.6 Å². The molecule has 1 heterocycles. The zero-order valence-electron chi connectivity index (χ0n) is 19.3. The van der Waals surface area contributed by atoms with Crippen LogP contribution in [0.25, 0.3) is 11.1 Å². The predicted molar refractivity (Wildman–Crippen MR) is 139 cm³/mol. The smallest absolute Gasteiger partial charge is 0.337 e. The van der Waals surface area contributed by atoms with E-state index in [1.807, 2.05) is 84.9 Å². The summed E-state index contributed by atoms with van der Waals surface area (Å²) in [5.74, 6) is -0.499. The number of carbonyl (C=O) groups excluding carboxylic acids is 2. The van der Waals surface area contributed by atoms with Crippen molar-refractivity contribution in [2.45, 2.75) is 6.54 Å². The zero-order valence-corrected chi connectivity index (χ0v) is 19.3. The van der Waals surface area contributed by atoms with Gasteiger partial charge in [0, 0.05) is 16.8 Å². The average molecular weight is 461 g/mol. The Morgan fingerprint density at radius 1 is 0.800 bits per heavy atom. The van der Waals surface area contributed by atoms with Gasteiger partial charge in [-0.25, -0.2) is 4.79 Å². The van der Waals surface area contributed by atoms with Crippen LogP contribution in [0.5, 0.6) is 0 Å². The maximum atomic E-state index is 14.0. The van der Waals surface area contributed by atoms with Gasteiger partial charge in [-0.2, -0.15) is 0 Å². The summed E-state index contributed by atoms with van der Waals surface area (Å²) in [4.78, 5) is 27.8. The number of rotatable bonds is 5. The van der Waals surface area contributed by atoms with E-state index in [9.17, 15) is 9.59 Å². The molecule has 1 amide bonds. The van der Waals surface area contributed by atoms with Gasteiger partial charge in [0.2, 0.25) is 0 Å². The molecule has 4 aromatic carbocycles. The fraction of sp³-hybridized carbons (Fsp3) is 0.0667. The molecule has 0 spiro atoms. The number of hydrogen-bond donors (Lipinski definition) is 1. The minimum atomic E-state index is -0.407. The molecule has 0 aromatic heterocycles. The van der Waals surface area contributed by atoms with Crippen LogP contribution in [0.2, 0.25) is 0 Å². The van der Waals surface area contributed by atoms with Crippen molar-refractivity contribution in [3.63, 3.8) is 0 Å². The van der Waals surface area contributed by atoms with Gasteiger partial charge < -0.3 is 15.4 Å². The Hall–Kier alpha value is -4.64. The maximum Gasteiger partial charge on any atom is 0.337 e. The maximum absolute atomic E-state index is 14.0. The van der Waals surface area contributed by atoms with Crippen LogP contribution in [0, 0.1) is 0 Å². The predicted octanol–water partition coefficient (Wildman–Crippen LogP) is 5.56. The summed E-state index contributed by atoms with van der Waals surface area (Å²) in [5, 5.41) is 0. The number of amides is 1. The molecule has 0 fully saturated rings. The Morgan fingerprint density at radius 2 is 1.46 bits per heavy atom. The van der Waals surface area contributed by atoms with Crippen molar-refractivity contribution >= 4 is 34.4 Å². The molecule has 0 bridgehead atoms. The molecule has 0 aliphatic carbocycles. The SMILES string of the molecule is COC(=O)c1cccc(CN2C(=O)/C(=C(\c3ccccc3)c3ccc(N)cc3)c3ccccc32)c1. The number of methoxy groups -OCH3 is 1. The fourth-order valence-electron chi connectivity index (χ4n) is 4.49. The monoisotopic (exact) mass is 460 g/mol. The van der Waals surface area contributed by atoms with Gasteiger partial charge in [0.1, 0.15) is 0 Å². The van der Waals surface area contributed by atoms with Gasteiger partial charge in [-0.1, -0.05) is 72.8 Å². The second-order valence-electron chi connectivity index (χ2n) is 8.34. The summed E-state index contributed by atoms with van der Waals surface area (Å²) in [5.41, 5.74) is 13.0. The summed E-state index contributed by atoms with van der Waals surface area (Å²) in [6, 6.07) is 32.5. The summed E-state index contributed by atoms with van der Waals surface area (Å²) in [6.07, 6.45) is 0. The van der Waals surface area contributed by atoms with Gasteiger partial charge >= 0.3 is 5.97 Å². The standard InChI is InChI=1S/C30H24N2O3/c1-35-30(34)23-11-7-8-20(18-23)19-32-26-13-6-5-12-25(26)28(29(32)33)27(21-9-3-2-4-10-21)22-14-16-24(31)17-15-22/h2-18H,19,31H2,1H3/b28-27+. The van der Waals surface area contributed by atoms with E-state index < -0.39 is 5.97 Å². The third-order valence-electron chi connectivity index (χ3n) is 6.12. The number of fused-ring (bicyclic) bond motifs is 1. The van der Waals surface area contributed by atoms with Crippen LogP contribution >= 0.6 is 0 Å². The Balaban J connectivity index is 1.66. The number of nitrogens with two attached hydrogens (primary N) is 1. The molecule has 5 heteroatoms. The number of nitrogen functional groups attached to an aromatic ring is 1. The first-order valence-corrected chi connectivity index (χ1v) is 11.3. The summed E-state index contributed by atoms with van der Waals surface area (Å²) in [7, 11) is 1.36. The van der Waals surface area contributed by atoms with Gasteiger partial charge in [0.05, 0.1) is 30.5 Å². The van der Waals surface area contributed by atoms with Crippen LogP contribution in [-0.2, 0) is 16.1 Å². The second-order valence-corrected chi connectivity index (χ2v) is 8.34. The highest BCUT2D eigenvalue weighted by molar-refractivity contribution is 6.38. The van der Waals surface area contributed by atoms with E-state index in [2.05, 4.69) is 0 Å². The number of esters is 1. The number of ether oxygens (including phenoxy) is 1. The molecular weight excluding hydrogens is 436 g/mol. The van der Waals surface area contributed by atoms with E-state index in [0.29, 0.717) is 23.4 Å². The number of benzene rings is 4. The number of carbonyl (C=O) groups is 2. The minimum Gasteiger partial charge on any atom is -0.465 e. The molecular formula is C30H24N2O3. The molecule has 1 aliphatic rings. The molecule has 1 aliphatic heterocycles. The Morgan fingerprint density at radius 3 is 2.20 bits per heavy atom. The molecule has 35 heavy (non-hydrogen) atoms. The Kier molecular flexibility index (Phi) is 5.90. The number of para-hydroxylation sites is 1. The van der Waals surface area contributed by atoms with E-state index >= 15 is 0 Å². The highest BCUT2D eigenvalue weighted by Gasteiger charge is 2.35. The molecule has 5 rings (SSSR count). The second kappa shape index (κ2) is 9.31. The van der Waals surface area contributed by atoms with Crippen molar-refractivity contribution in [1.29, 1.82) is 0 Å². The molecule has 4 aromatic rings. The summed E-state index contributed by atoms with van der Waals surface area (Å²) >= 11 is 0. The van der Waals surface area contributed by atoms with Crippen LogP contribution in [-0.4, -0.2) is 19.0 Å². The van der Waals surface area contributed by atoms with E-state index in [-0.39, 0.29) is 5.91 Å². The van der Waals surface area contributed by atoms with Crippen molar-refractivity contribution in [3.05, 3.63) is 131 Å². The molecule has 0 radical (unpaired) electrons. The van der Waals surface area contributed by atoms with Gasteiger partial charge in [-0.05, 0) is 47.0 Å². The number of anilines is 2. The summed E-state index contributed by atoms with van der Waals surface area (Å²) < 4.78 is 4.86. The number of hydrogen-bond acceptors (Lipinski definition) is 4. The topological polar surface area (TPSA) is 72.6 Å². The van der Waals surface area contributed by atoms with E-state index in [0.717, 1.165) is 33.5 Å². The Labute approximate surface area is 204 Å². The average Bonchev–Trinajstić information content (AvgIpc) is 3.17. The van der Waals surface area contributed by atoms with E-state index in [1.54, 1.807) is 23.1 Å². The molecule has 0 atom stereocenters. The first kappa shape index (κ1) is 22.2. The first-order valence-electron chi connectivity index (χ1n) is 11.3. The first-order chi connectivity index (χ1) is 17.1. The van der Waals surface area contributed by atoms with Gasteiger partial charge in [-0.15, -0.1) is 0 Å². The van der Waals surface area contributed by atoms with Crippen LogP contribution in [0.3, 0.4) is 0 Å². The van der Waals surface area contributed by atoms with E-state index in [4.69, 9.17) is 10.5 Å². The van der Waals surface area contributed by atoms with Crippen molar-refractivity contribution in [3.8, 4) is 0 Å². The molecule has 172 valence electrons. The van der Waals surface area contributed by atoms with Crippen LogP contribution < -0.4 is 10.6 Å². The van der Waals surface area contributed by atoms with Crippen molar-refractivity contribution in [1.82, 2.24) is 0 Å². The third kappa shape index (κ3) is 4.20. The highest BCUT2D eigenvalue weighted by Crippen LogP contribution is 2.43. The van der Waals surface area contributed by atoms with Crippen LogP contribution in [0.15, 0.2) is 103 Å². The van der Waals surface area contributed by atoms with Gasteiger partial charge in [0.25, 0.3) is 5.91 Å². The largest absolute Gasteiger partial charge is 0.465 e. The molecule has 2 N–H and O–H groups in total. The molecule has 0 saturated carbocycles. The van der Waals surface area contributed by atoms with Crippen molar-refractivity contribution in [2.24, 2.45) is 0 Å². The lowest BCUT2D eigenvalue weighted by atomic mass is 9.90. The Bertz CT molecular complexity index is 1440. The lowest BCUT2D eigenvalue weighted by molar-refractivity contribution is -0.113. The van der Waals surface area contributed by atoms with Gasteiger partial charge in [0.15, 0.2) is 0 Å². The zero-order chi connectivity index (χ0) is 24.4. The lowest BCUT2D eigenvalue weighted by Crippen LogP contribution is -2.26. The summed E-state index contributed by atoms with van der Waals surface area (Å²) in [6.45, 7) is 0.327. The highest BCUT2D eigenvalue weighted by atomic mass is 16.5. The van der Waals surface area contributed by atoms with E-state index in [1.165, 1.54) is 7.11 Å². The van der Waals surface area contributed by atoms with Crippen LogP contribution in [0.4, 0.5) is 11.4 Å². The third-order valence-corrected chi connectivity index (χ3v) is 6.12. The number of nitrogens with zero attached hydrogens (tertiary/aromatic N) is 1. The fourth-order valence-corrected chi connectivity index (χ4v) is 4.49. The molecule has 0 saturated heterocycles. The minimum absolute atomic E-state index is 0.0923. The normalized spacial score (nSPS) is 14.0. The lowest BCUT2D eigenvalue weighted by Gasteiger charge is -2.18. The van der Waals surface area contributed by atoms with Gasteiger partial charge in [-0.3, -0.25) is 4.79 Å². The molecule has 0 unspecified atom stereocenters. The van der Waals surface area contributed by atoms with Crippen molar-refractivity contribution < 1.29 is 14.3 Å².